The number of benzene rings is 2. The normalized spacial score (nSPS) is 10.4. The van der Waals surface area contributed by atoms with E-state index in [1.54, 1.807) is 0 Å². The molecule has 2 aromatic carbocycles. The molecule has 0 radical (unpaired) electrons. The Balaban J connectivity index is 1.54. The molecule has 0 spiro atoms. The number of amides is 1. The number of halogens is 1. The Morgan fingerprint density at radius 3 is 2.29 bits per heavy atom. The van der Waals surface area contributed by atoms with Crippen molar-refractivity contribution >= 4 is 34.7 Å². The Bertz CT molecular complexity index is 967. The Hall–Kier alpha value is -3.12. The molecule has 0 bridgehead atoms. The van der Waals surface area contributed by atoms with Crippen LogP contribution in [0.4, 0.5) is 17.2 Å². The lowest BCUT2D eigenvalue weighted by Gasteiger charge is -2.11. The standard InChI is InChI=1S/C21H21ClN4O2/c1-13-8-18(9-14(2)21(13)22)28-11-20(27)26-17-6-4-16(5-7-17)25-19-10-15(3)23-12-24-19/h4-10,12H,11H2,1-3H3,(H,26,27)(H,23,24,25). The van der Waals surface area contributed by atoms with E-state index in [0.717, 1.165) is 22.5 Å². The van der Waals surface area contributed by atoms with E-state index in [9.17, 15) is 4.79 Å². The molecule has 0 unspecified atom stereocenters. The van der Waals surface area contributed by atoms with Crippen molar-refractivity contribution in [1.82, 2.24) is 9.97 Å². The summed E-state index contributed by atoms with van der Waals surface area (Å²) in [6.45, 7) is 5.63. The van der Waals surface area contributed by atoms with Gasteiger partial charge in [0.15, 0.2) is 6.61 Å². The van der Waals surface area contributed by atoms with Crippen molar-refractivity contribution in [3.63, 3.8) is 0 Å². The largest absolute Gasteiger partial charge is 0.484 e. The Kier molecular flexibility index (Phi) is 6.11. The van der Waals surface area contributed by atoms with Crippen LogP contribution in [0, 0.1) is 20.8 Å². The zero-order valence-electron chi connectivity index (χ0n) is 15.9. The van der Waals surface area contributed by atoms with Crippen molar-refractivity contribution in [3.05, 3.63) is 70.6 Å². The second-order valence-corrected chi connectivity index (χ2v) is 6.83. The van der Waals surface area contributed by atoms with Crippen LogP contribution in [0.5, 0.6) is 5.75 Å². The molecule has 144 valence electrons. The second-order valence-electron chi connectivity index (χ2n) is 6.45. The van der Waals surface area contributed by atoms with Crippen LogP contribution < -0.4 is 15.4 Å². The van der Waals surface area contributed by atoms with E-state index >= 15 is 0 Å². The highest BCUT2D eigenvalue weighted by Gasteiger charge is 2.07. The maximum absolute atomic E-state index is 12.1. The predicted molar refractivity (Wildman–Crippen MR) is 112 cm³/mol. The van der Waals surface area contributed by atoms with Gasteiger partial charge in [0.2, 0.25) is 0 Å². The molecule has 1 aromatic heterocycles. The van der Waals surface area contributed by atoms with E-state index in [-0.39, 0.29) is 12.5 Å². The third-order valence-corrected chi connectivity index (χ3v) is 4.62. The summed E-state index contributed by atoms with van der Waals surface area (Å²) in [5.74, 6) is 1.10. The van der Waals surface area contributed by atoms with Gasteiger partial charge in [-0.1, -0.05) is 11.6 Å². The third-order valence-electron chi connectivity index (χ3n) is 4.02. The molecule has 3 aromatic rings. The molecule has 0 atom stereocenters. The van der Waals surface area contributed by atoms with E-state index in [0.29, 0.717) is 22.3 Å². The Labute approximate surface area is 168 Å². The van der Waals surface area contributed by atoms with Gasteiger partial charge in [-0.2, -0.15) is 0 Å². The molecule has 28 heavy (non-hydrogen) atoms. The van der Waals surface area contributed by atoms with Crippen LogP contribution in [0.25, 0.3) is 0 Å². The fourth-order valence-corrected chi connectivity index (χ4v) is 2.75. The summed E-state index contributed by atoms with van der Waals surface area (Å²) < 4.78 is 5.57. The van der Waals surface area contributed by atoms with Crippen molar-refractivity contribution < 1.29 is 9.53 Å². The quantitative estimate of drug-likeness (QED) is 0.624. The minimum atomic E-state index is -0.239. The van der Waals surface area contributed by atoms with Crippen molar-refractivity contribution in [3.8, 4) is 5.75 Å². The van der Waals surface area contributed by atoms with Gasteiger partial charge in [0, 0.05) is 28.2 Å². The highest BCUT2D eigenvalue weighted by Crippen LogP contribution is 2.26. The van der Waals surface area contributed by atoms with Gasteiger partial charge in [-0.15, -0.1) is 0 Å². The van der Waals surface area contributed by atoms with Crippen LogP contribution in [0.1, 0.15) is 16.8 Å². The minimum absolute atomic E-state index is 0.0826. The smallest absolute Gasteiger partial charge is 0.262 e. The molecule has 7 heteroatoms. The van der Waals surface area contributed by atoms with Gasteiger partial charge in [-0.05, 0) is 68.3 Å². The van der Waals surface area contributed by atoms with Crippen LogP contribution in [-0.2, 0) is 4.79 Å². The molecule has 0 aliphatic rings. The summed E-state index contributed by atoms with van der Waals surface area (Å²) >= 11 is 6.14. The summed E-state index contributed by atoms with van der Waals surface area (Å²) in [7, 11) is 0. The Morgan fingerprint density at radius 2 is 1.64 bits per heavy atom. The van der Waals surface area contributed by atoms with Gasteiger partial charge < -0.3 is 15.4 Å². The first-order chi connectivity index (χ1) is 13.4. The SMILES string of the molecule is Cc1cc(Nc2ccc(NC(=O)COc3cc(C)c(Cl)c(C)c3)cc2)ncn1. The first kappa shape index (κ1) is 19.6. The molecule has 3 rings (SSSR count). The topological polar surface area (TPSA) is 76.1 Å². The number of aryl methyl sites for hydroxylation is 3. The number of hydrogen-bond acceptors (Lipinski definition) is 5. The van der Waals surface area contributed by atoms with Crippen LogP contribution >= 0.6 is 11.6 Å². The fourth-order valence-electron chi connectivity index (χ4n) is 2.64. The zero-order chi connectivity index (χ0) is 20.1. The number of carbonyl (C=O) groups is 1. The van der Waals surface area contributed by atoms with Gasteiger partial charge in [-0.25, -0.2) is 9.97 Å². The summed E-state index contributed by atoms with van der Waals surface area (Å²) in [6.07, 6.45) is 1.51. The summed E-state index contributed by atoms with van der Waals surface area (Å²) in [5.41, 5.74) is 4.26. The number of rotatable bonds is 6. The molecular formula is C21H21ClN4O2. The summed E-state index contributed by atoms with van der Waals surface area (Å²) in [4.78, 5) is 20.4. The van der Waals surface area contributed by atoms with Crippen LogP contribution in [0.15, 0.2) is 48.8 Å². The number of aromatic nitrogens is 2. The molecule has 0 saturated carbocycles. The van der Waals surface area contributed by atoms with E-state index < -0.39 is 0 Å². The lowest BCUT2D eigenvalue weighted by atomic mass is 10.1. The average molecular weight is 397 g/mol. The third kappa shape index (κ3) is 5.20. The summed E-state index contributed by atoms with van der Waals surface area (Å²) in [6, 6.07) is 12.8. The molecule has 1 heterocycles. The maximum Gasteiger partial charge on any atom is 0.262 e. The van der Waals surface area contributed by atoms with E-state index in [4.69, 9.17) is 16.3 Å². The first-order valence-corrected chi connectivity index (χ1v) is 9.13. The monoisotopic (exact) mass is 396 g/mol. The lowest BCUT2D eigenvalue weighted by Crippen LogP contribution is -2.20. The van der Waals surface area contributed by atoms with E-state index in [1.807, 2.05) is 63.2 Å². The van der Waals surface area contributed by atoms with Gasteiger partial charge in [0.25, 0.3) is 5.91 Å². The molecule has 2 N–H and O–H groups in total. The van der Waals surface area contributed by atoms with Gasteiger partial charge in [0.1, 0.15) is 17.9 Å². The molecule has 0 aliphatic carbocycles. The van der Waals surface area contributed by atoms with Crippen molar-refractivity contribution in [2.45, 2.75) is 20.8 Å². The van der Waals surface area contributed by atoms with Crippen molar-refractivity contribution in [1.29, 1.82) is 0 Å². The first-order valence-electron chi connectivity index (χ1n) is 8.76. The van der Waals surface area contributed by atoms with E-state index in [1.165, 1.54) is 6.33 Å². The Morgan fingerprint density at radius 1 is 1.00 bits per heavy atom. The molecule has 0 saturated heterocycles. The molecule has 6 nitrogen and oxygen atoms in total. The van der Waals surface area contributed by atoms with E-state index in [2.05, 4.69) is 20.6 Å². The number of nitrogens with one attached hydrogen (secondary N) is 2. The summed E-state index contributed by atoms with van der Waals surface area (Å²) in [5, 5.41) is 6.71. The van der Waals surface area contributed by atoms with Crippen LogP contribution in [0.3, 0.4) is 0 Å². The zero-order valence-corrected chi connectivity index (χ0v) is 16.7. The van der Waals surface area contributed by atoms with Gasteiger partial charge in [-0.3, -0.25) is 4.79 Å². The maximum atomic E-state index is 12.1. The molecule has 1 amide bonds. The number of hydrogen-bond donors (Lipinski definition) is 2. The fraction of sp³-hybridized carbons (Fsp3) is 0.190. The molecular weight excluding hydrogens is 376 g/mol. The minimum Gasteiger partial charge on any atom is -0.484 e. The number of carbonyl (C=O) groups excluding carboxylic acids is 1. The van der Waals surface area contributed by atoms with Gasteiger partial charge in [0.05, 0.1) is 0 Å². The van der Waals surface area contributed by atoms with Crippen molar-refractivity contribution in [2.75, 3.05) is 17.2 Å². The van der Waals surface area contributed by atoms with Crippen LogP contribution in [-0.4, -0.2) is 22.5 Å². The highest BCUT2D eigenvalue weighted by molar-refractivity contribution is 6.32. The number of nitrogens with zero attached hydrogens (tertiary/aromatic N) is 2. The van der Waals surface area contributed by atoms with Crippen LogP contribution in [0.2, 0.25) is 5.02 Å². The number of ether oxygens (including phenoxy) is 1. The van der Waals surface area contributed by atoms with Crippen molar-refractivity contribution in [2.24, 2.45) is 0 Å². The lowest BCUT2D eigenvalue weighted by molar-refractivity contribution is -0.118. The average Bonchev–Trinajstić information content (AvgIpc) is 2.66. The molecule has 0 fully saturated rings. The van der Waals surface area contributed by atoms with Gasteiger partial charge >= 0.3 is 0 Å². The number of anilines is 3. The second kappa shape index (κ2) is 8.71. The predicted octanol–water partition coefficient (Wildman–Crippen LogP) is 4.82. The molecule has 0 aliphatic heterocycles. The highest BCUT2D eigenvalue weighted by atomic mass is 35.5.